The van der Waals surface area contributed by atoms with Gasteiger partial charge in [-0.2, -0.15) is 0 Å². The number of para-hydroxylation sites is 2. The van der Waals surface area contributed by atoms with Crippen molar-refractivity contribution in [2.24, 2.45) is 0 Å². The minimum Gasteiger partial charge on any atom is -0.496 e. The van der Waals surface area contributed by atoms with Crippen molar-refractivity contribution in [2.45, 2.75) is 11.3 Å². The number of fused-ring (bicyclic) bond motifs is 1. The van der Waals surface area contributed by atoms with Crippen LogP contribution >= 0.6 is 11.8 Å². The molecule has 3 rings (SSSR count). The van der Waals surface area contributed by atoms with Crippen molar-refractivity contribution in [3.63, 3.8) is 0 Å². The van der Waals surface area contributed by atoms with Gasteiger partial charge in [0.2, 0.25) is 0 Å². The van der Waals surface area contributed by atoms with Crippen molar-refractivity contribution >= 4 is 23.4 Å². The molecule has 21 heavy (non-hydrogen) atoms. The molecule has 0 bridgehead atoms. The first kappa shape index (κ1) is 13.8. The van der Waals surface area contributed by atoms with Crippen molar-refractivity contribution in [1.82, 2.24) is 0 Å². The lowest BCUT2D eigenvalue weighted by atomic mass is 10.0. The Balaban J connectivity index is 1.87. The van der Waals surface area contributed by atoms with Crippen LogP contribution in [-0.2, 0) is 11.2 Å². The van der Waals surface area contributed by atoms with Gasteiger partial charge in [0.1, 0.15) is 5.75 Å². The topological polar surface area (TPSA) is 38.3 Å². The van der Waals surface area contributed by atoms with Crippen LogP contribution in [-0.4, -0.2) is 13.0 Å². The fourth-order valence-electron chi connectivity index (χ4n) is 2.24. The Bertz CT molecular complexity index is 709. The smallest absolute Gasteiger partial charge is 0.252 e. The first-order valence-electron chi connectivity index (χ1n) is 6.66. The zero-order valence-corrected chi connectivity index (χ0v) is 12.4. The third kappa shape index (κ3) is 2.95. The van der Waals surface area contributed by atoms with Crippen LogP contribution in [0.1, 0.15) is 5.56 Å². The Hall–Kier alpha value is -2.20. The first-order valence-corrected chi connectivity index (χ1v) is 7.54. The molecule has 0 aliphatic carbocycles. The van der Waals surface area contributed by atoms with Crippen LogP contribution < -0.4 is 10.1 Å². The van der Waals surface area contributed by atoms with Crippen LogP contribution in [0.4, 0.5) is 5.69 Å². The predicted molar refractivity (Wildman–Crippen MR) is 85.7 cm³/mol. The molecule has 0 aromatic heterocycles. The van der Waals surface area contributed by atoms with Gasteiger partial charge in [-0.3, -0.25) is 4.79 Å². The Morgan fingerprint density at radius 1 is 1.10 bits per heavy atom. The molecule has 3 nitrogen and oxygen atoms in total. The number of benzene rings is 2. The molecule has 0 fully saturated rings. The van der Waals surface area contributed by atoms with Crippen LogP contribution in [0.5, 0.6) is 5.75 Å². The number of nitrogens with one attached hydrogen (secondary N) is 1. The zero-order chi connectivity index (χ0) is 14.7. The van der Waals surface area contributed by atoms with Crippen LogP contribution in [0, 0.1) is 0 Å². The number of thioether (sulfide) groups is 1. The van der Waals surface area contributed by atoms with Crippen molar-refractivity contribution in [2.75, 3.05) is 12.4 Å². The van der Waals surface area contributed by atoms with Crippen LogP contribution in [0.25, 0.3) is 0 Å². The minimum atomic E-state index is -0.0571. The van der Waals surface area contributed by atoms with E-state index in [1.54, 1.807) is 18.9 Å². The molecule has 0 saturated heterocycles. The summed E-state index contributed by atoms with van der Waals surface area (Å²) >= 11 is 1.57. The standard InChI is InChI=1S/C17H15NO2S/c1-20-15-8-4-2-6-12(15)10-13-11-21-16-9-5-3-7-14(16)18-17(13)19/h2-9,11H,10H2,1H3,(H,18,19). The lowest BCUT2D eigenvalue weighted by molar-refractivity contribution is -0.112. The van der Waals surface area contributed by atoms with Crippen LogP contribution in [0.3, 0.4) is 0 Å². The van der Waals surface area contributed by atoms with E-state index < -0.39 is 0 Å². The monoisotopic (exact) mass is 297 g/mol. The normalized spacial score (nSPS) is 13.8. The highest BCUT2D eigenvalue weighted by Crippen LogP contribution is 2.33. The van der Waals surface area contributed by atoms with Crippen molar-refractivity contribution in [3.05, 3.63) is 65.1 Å². The maximum absolute atomic E-state index is 12.3. The molecule has 0 spiro atoms. The van der Waals surface area contributed by atoms with Gasteiger partial charge in [0.05, 0.1) is 12.8 Å². The van der Waals surface area contributed by atoms with Gasteiger partial charge in [0, 0.05) is 16.9 Å². The van der Waals surface area contributed by atoms with E-state index in [2.05, 4.69) is 5.32 Å². The molecular formula is C17H15NO2S. The Labute approximate surface area is 128 Å². The van der Waals surface area contributed by atoms with Gasteiger partial charge in [0.25, 0.3) is 5.91 Å². The number of hydrogen-bond donors (Lipinski definition) is 1. The maximum atomic E-state index is 12.3. The molecule has 1 N–H and O–H groups in total. The summed E-state index contributed by atoms with van der Waals surface area (Å²) in [5, 5.41) is 4.89. The number of anilines is 1. The number of rotatable bonds is 3. The van der Waals surface area contributed by atoms with E-state index in [0.29, 0.717) is 6.42 Å². The molecule has 2 aromatic rings. The van der Waals surface area contributed by atoms with E-state index in [9.17, 15) is 4.79 Å². The lowest BCUT2D eigenvalue weighted by Crippen LogP contribution is -2.15. The van der Waals surface area contributed by atoms with E-state index in [-0.39, 0.29) is 5.91 Å². The summed E-state index contributed by atoms with van der Waals surface area (Å²) in [5.74, 6) is 0.747. The highest BCUT2D eigenvalue weighted by atomic mass is 32.2. The third-order valence-corrected chi connectivity index (χ3v) is 4.34. The second-order valence-electron chi connectivity index (χ2n) is 4.70. The van der Waals surface area contributed by atoms with Crippen molar-refractivity contribution in [1.29, 1.82) is 0 Å². The third-order valence-electron chi connectivity index (χ3n) is 3.33. The van der Waals surface area contributed by atoms with Gasteiger partial charge in [-0.15, -0.1) is 0 Å². The summed E-state index contributed by atoms with van der Waals surface area (Å²) in [4.78, 5) is 13.4. The van der Waals surface area contributed by atoms with E-state index in [1.807, 2.05) is 53.9 Å². The van der Waals surface area contributed by atoms with Crippen LogP contribution in [0.15, 0.2) is 64.4 Å². The Kier molecular flexibility index (Phi) is 3.97. The van der Waals surface area contributed by atoms with E-state index in [1.165, 1.54) is 0 Å². The predicted octanol–water partition coefficient (Wildman–Crippen LogP) is 3.87. The maximum Gasteiger partial charge on any atom is 0.252 e. The fourth-order valence-corrected chi connectivity index (χ4v) is 3.10. The summed E-state index contributed by atoms with van der Waals surface area (Å²) in [6, 6.07) is 15.6. The van der Waals surface area contributed by atoms with Gasteiger partial charge in [-0.05, 0) is 29.2 Å². The van der Waals surface area contributed by atoms with Crippen molar-refractivity contribution < 1.29 is 9.53 Å². The van der Waals surface area contributed by atoms with Gasteiger partial charge < -0.3 is 10.1 Å². The average Bonchev–Trinajstić information content (AvgIpc) is 2.67. The van der Waals surface area contributed by atoms with Gasteiger partial charge >= 0.3 is 0 Å². The summed E-state index contributed by atoms with van der Waals surface area (Å²) in [6.45, 7) is 0. The number of amides is 1. The van der Waals surface area contributed by atoms with Crippen molar-refractivity contribution in [3.8, 4) is 5.75 Å². The molecule has 4 heteroatoms. The molecule has 0 radical (unpaired) electrons. The van der Waals surface area contributed by atoms with Crippen LogP contribution in [0.2, 0.25) is 0 Å². The number of ether oxygens (including phenoxy) is 1. The zero-order valence-electron chi connectivity index (χ0n) is 11.6. The molecule has 1 heterocycles. The van der Waals surface area contributed by atoms with E-state index >= 15 is 0 Å². The molecule has 1 amide bonds. The lowest BCUT2D eigenvalue weighted by Gasteiger charge is -2.10. The number of hydrogen-bond acceptors (Lipinski definition) is 3. The number of carbonyl (C=O) groups excluding carboxylic acids is 1. The molecule has 106 valence electrons. The van der Waals surface area contributed by atoms with E-state index in [4.69, 9.17) is 4.74 Å². The number of methoxy groups -OCH3 is 1. The highest BCUT2D eigenvalue weighted by Gasteiger charge is 2.17. The second kappa shape index (κ2) is 6.06. The summed E-state index contributed by atoms with van der Waals surface area (Å²) < 4.78 is 5.35. The molecule has 0 atom stereocenters. The highest BCUT2D eigenvalue weighted by molar-refractivity contribution is 8.02. The van der Waals surface area contributed by atoms with Gasteiger partial charge in [0.15, 0.2) is 0 Å². The summed E-state index contributed by atoms with van der Waals surface area (Å²) in [6.07, 6.45) is 0.552. The van der Waals surface area contributed by atoms with Gasteiger partial charge in [-0.1, -0.05) is 42.1 Å². The molecule has 0 saturated carbocycles. The molecule has 2 aromatic carbocycles. The summed E-state index contributed by atoms with van der Waals surface area (Å²) in [5.41, 5.74) is 2.60. The minimum absolute atomic E-state index is 0.0571. The largest absolute Gasteiger partial charge is 0.496 e. The second-order valence-corrected chi connectivity index (χ2v) is 5.61. The molecule has 0 unspecified atom stereocenters. The first-order chi connectivity index (χ1) is 10.3. The Morgan fingerprint density at radius 2 is 1.86 bits per heavy atom. The quantitative estimate of drug-likeness (QED) is 0.934. The SMILES string of the molecule is COc1ccccc1CC1=CSc2ccccc2NC1=O. The molecule has 1 aliphatic rings. The number of carbonyl (C=O) groups is 1. The fraction of sp³-hybridized carbons (Fsp3) is 0.118. The summed E-state index contributed by atoms with van der Waals surface area (Å²) in [7, 11) is 1.64. The van der Waals surface area contributed by atoms with Gasteiger partial charge in [-0.25, -0.2) is 0 Å². The average molecular weight is 297 g/mol. The molecule has 1 aliphatic heterocycles. The van der Waals surface area contributed by atoms with E-state index in [0.717, 1.165) is 27.5 Å². The molecular weight excluding hydrogens is 282 g/mol. The Morgan fingerprint density at radius 3 is 2.71 bits per heavy atom.